The molecule has 57 heavy (non-hydrogen) atoms. The number of anilines is 2. The topological polar surface area (TPSA) is 205 Å². The molecule has 2 aromatic heterocycles. The zero-order valence-corrected chi connectivity index (χ0v) is 31.4. The minimum Gasteiger partial charge on any atom is -0.507 e. The first kappa shape index (κ1) is 50.3. The Labute approximate surface area is 336 Å². The van der Waals surface area contributed by atoms with Gasteiger partial charge in [-0.2, -0.15) is 0 Å². The fourth-order valence-electron chi connectivity index (χ4n) is 5.14. The van der Waals surface area contributed by atoms with Crippen LogP contribution < -0.4 is 26.2 Å². The van der Waals surface area contributed by atoms with Crippen LogP contribution in [0.5, 0.6) is 11.5 Å². The number of phenolic OH excluding ortho intramolecular Hbond substituents is 2. The van der Waals surface area contributed by atoms with Crippen molar-refractivity contribution in [1.29, 1.82) is 0 Å². The van der Waals surface area contributed by atoms with Crippen molar-refractivity contribution in [2.45, 2.75) is 49.1 Å². The Hall–Kier alpha value is -6.73. The molecule has 15 heteroatoms. The summed E-state index contributed by atoms with van der Waals surface area (Å²) < 4.78 is 0. The van der Waals surface area contributed by atoms with Crippen LogP contribution in [-0.2, 0) is 6.54 Å². The van der Waals surface area contributed by atoms with Crippen LogP contribution in [0.15, 0.2) is 70.8 Å². The smallest absolute Gasteiger partial charge is 0.252 e. The van der Waals surface area contributed by atoms with Gasteiger partial charge >= 0.3 is 0 Å². The van der Waals surface area contributed by atoms with E-state index in [2.05, 4.69) is 75.5 Å². The number of aldehydes is 1. The molecule has 15 nitrogen and oxygen atoms in total. The van der Waals surface area contributed by atoms with Gasteiger partial charge in [0.05, 0.1) is 18.2 Å². The number of piperazine rings is 2. The fraction of sp³-hybridized carbons (Fsp3) is 0.357. The number of hydrogen-bond donors (Lipinski definition) is 5. The molecule has 2 aliphatic heterocycles. The number of aryl methyl sites for hydroxylation is 2. The number of nitrogens with one attached hydrogen (secondary N) is 3. The number of aromatic hydroxyl groups is 2. The summed E-state index contributed by atoms with van der Waals surface area (Å²) in [5.41, 5.74) is 2.72. The molecule has 6 rings (SSSR count). The third-order valence-electron chi connectivity index (χ3n) is 8.01. The molecule has 5 N–H and O–H groups in total. The number of aromatic nitrogens is 4. The first-order valence-electron chi connectivity index (χ1n) is 17.2. The van der Waals surface area contributed by atoms with Gasteiger partial charge in [0.2, 0.25) is 0 Å². The van der Waals surface area contributed by atoms with Crippen LogP contribution in [0.4, 0.5) is 11.6 Å². The molecular formula is C42H56N8O7. The molecule has 306 valence electrons. The zero-order chi connectivity index (χ0) is 40.4. The second kappa shape index (κ2) is 28.7. The largest absolute Gasteiger partial charge is 0.507 e. The highest BCUT2D eigenvalue weighted by Crippen LogP contribution is 2.24. The molecule has 2 aliphatic rings. The lowest BCUT2D eigenvalue weighted by atomic mass is 10.1. The van der Waals surface area contributed by atoms with Crippen molar-refractivity contribution >= 4 is 17.9 Å². The highest BCUT2D eigenvalue weighted by molar-refractivity contribution is 5.79. The third-order valence-corrected chi connectivity index (χ3v) is 8.01. The summed E-state index contributed by atoms with van der Waals surface area (Å²) in [6, 6.07) is 14.0. The number of para-hydroxylation sites is 2. The number of aromatic amines is 2. The number of rotatable bonds is 5. The molecule has 2 aromatic carbocycles. The molecule has 0 saturated carbocycles. The Morgan fingerprint density at radius 3 is 1.65 bits per heavy atom. The monoisotopic (exact) mass is 784 g/mol. The number of carbonyl (C=O) groups excluding carboxylic acids is 1. The van der Waals surface area contributed by atoms with E-state index in [4.69, 9.17) is 15.0 Å². The molecule has 4 heterocycles. The summed E-state index contributed by atoms with van der Waals surface area (Å²) in [5.74, 6) is 17.5. The van der Waals surface area contributed by atoms with Crippen molar-refractivity contribution in [3.63, 3.8) is 0 Å². The summed E-state index contributed by atoms with van der Waals surface area (Å²) in [7, 11) is 0. The molecule has 0 bridgehead atoms. The maximum absolute atomic E-state index is 11.3. The van der Waals surface area contributed by atoms with E-state index in [0.717, 1.165) is 87.2 Å². The van der Waals surface area contributed by atoms with Gasteiger partial charge in [0, 0.05) is 88.0 Å². The van der Waals surface area contributed by atoms with Crippen LogP contribution in [0.25, 0.3) is 0 Å². The maximum atomic E-state index is 11.3. The maximum Gasteiger partial charge on any atom is 0.252 e. The van der Waals surface area contributed by atoms with Gasteiger partial charge in [-0.1, -0.05) is 57.0 Å². The van der Waals surface area contributed by atoms with Gasteiger partial charge in [0.1, 0.15) is 23.1 Å². The quantitative estimate of drug-likeness (QED) is 0.141. The van der Waals surface area contributed by atoms with Crippen molar-refractivity contribution < 1.29 is 16.4 Å². The Balaban J connectivity index is 0. The van der Waals surface area contributed by atoms with Gasteiger partial charge in [0.15, 0.2) is 6.29 Å². The molecule has 0 radical (unpaired) electrons. The van der Waals surface area contributed by atoms with E-state index in [0.29, 0.717) is 17.6 Å². The number of phenols is 2. The van der Waals surface area contributed by atoms with E-state index >= 15 is 0 Å². The third kappa shape index (κ3) is 18.0. The average molecular weight is 785 g/mol. The van der Waals surface area contributed by atoms with Crippen LogP contribution in [0.3, 0.4) is 0 Å². The summed E-state index contributed by atoms with van der Waals surface area (Å²) in [6.45, 7) is 15.0. The lowest BCUT2D eigenvalue weighted by molar-refractivity contribution is 0.112. The van der Waals surface area contributed by atoms with Crippen LogP contribution in [-0.4, -0.2) is 93.7 Å². The number of H-pyrrole nitrogens is 2. The van der Waals surface area contributed by atoms with Gasteiger partial charge in [-0.05, 0) is 68.6 Å². The standard InChI is InChI=1S/C16H20N4O2.C8H12N4O.C8H8O2.C8H6.2CH4.O2.H2/c1-12-3-2-4-13(16(12)22)10-19-5-7-20(8-6-19)14-9-15(21)18-11-17-14;13-8-5-7(10-6-11-8)12-3-1-9-2-4-12;1-6-3-2-4-7(5-9)8(6)10;1-3-5-7-8-6-4-2;;;1-2;/h2-4,9,11,22H,5-8,10H2,1H3,(H,17,18,21);5-6,9H,1-4H2,(H,10,11,13);2-5,10H,1H3;1-2H3;2*1H4;;1H. The first-order chi connectivity index (χ1) is 26.7. The van der Waals surface area contributed by atoms with Gasteiger partial charge in [-0.15, -0.1) is 0 Å². The SMILES string of the molecule is C.C.CC#CC#CC#CC.Cc1cccc(C=O)c1O.Cc1cccc(CN2CCN(c3cc(=O)[nH]cn3)CC2)c1O.O=O.O=c1cc(N2CCNCC2)nc[nH]1.[HH]. The second-order valence-electron chi connectivity index (χ2n) is 11.8. The van der Waals surface area contributed by atoms with E-state index in [1.165, 1.54) is 24.8 Å². The molecule has 0 atom stereocenters. The van der Waals surface area contributed by atoms with Crippen LogP contribution >= 0.6 is 0 Å². The van der Waals surface area contributed by atoms with Crippen molar-refractivity contribution in [1.82, 2.24) is 30.2 Å². The van der Waals surface area contributed by atoms with Crippen molar-refractivity contribution in [2.75, 3.05) is 62.2 Å². The van der Waals surface area contributed by atoms with Crippen molar-refractivity contribution in [3.05, 3.63) is 114 Å². The van der Waals surface area contributed by atoms with Gasteiger partial charge in [0.25, 0.3) is 11.1 Å². The Morgan fingerprint density at radius 2 is 1.19 bits per heavy atom. The summed E-state index contributed by atoms with van der Waals surface area (Å²) in [5, 5.41) is 22.5. The van der Waals surface area contributed by atoms with Crippen LogP contribution in [0, 0.1) is 59.3 Å². The minimum atomic E-state index is -0.128. The van der Waals surface area contributed by atoms with Crippen molar-refractivity contribution in [3.8, 4) is 47.0 Å². The molecule has 4 aromatic rings. The predicted octanol–water partition coefficient (Wildman–Crippen LogP) is 4.42. The van der Waals surface area contributed by atoms with Crippen molar-refractivity contribution in [2.24, 2.45) is 0 Å². The number of hydrogen-bond acceptors (Lipinski definition) is 13. The molecule has 0 aliphatic carbocycles. The molecule has 2 fully saturated rings. The predicted molar refractivity (Wildman–Crippen MR) is 230 cm³/mol. The molecule has 0 spiro atoms. The lowest BCUT2D eigenvalue weighted by Crippen LogP contribution is -2.46. The second-order valence-corrected chi connectivity index (χ2v) is 11.8. The van der Waals surface area contributed by atoms with E-state index in [1.54, 1.807) is 39.0 Å². The lowest BCUT2D eigenvalue weighted by Gasteiger charge is -2.35. The number of carbonyl (C=O) groups is 1. The summed E-state index contributed by atoms with van der Waals surface area (Å²) in [4.78, 5) is 66.4. The molecule has 2 saturated heterocycles. The molecular weight excluding hydrogens is 729 g/mol. The normalized spacial score (nSPS) is 12.4. The first-order valence-corrected chi connectivity index (χ1v) is 17.2. The number of nitrogens with zero attached hydrogens (tertiary/aromatic N) is 5. The highest BCUT2D eigenvalue weighted by Gasteiger charge is 2.19. The van der Waals surface area contributed by atoms with Gasteiger partial charge < -0.3 is 35.3 Å². The average Bonchev–Trinajstić information content (AvgIpc) is 3.21. The van der Waals surface area contributed by atoms with Crippen LogP contribution in [0.1, 0.15) is 57.2 Å². The minimum absolute atomic E-state index is 0. The highest BCUT2D eigenvalue weighted by atomic mass is 16.7. The van der Waals surface area contributed by atoms with Gasteiger partial charge in [-0.3, -0.25) is 19.3 Å². The fourth-order valence-corrected chi connectivity index (χ4v) is 5.14. The Morgan fingerprint density at radius 1 is 0.719 bits per heavy atom. The van der Waals surface area contributed by atoms with E-state index < -0.39 is 0 Å². The van der Waals surface area contributed by atoms with E-state index in [-0.39, 0.29) is 33.1 Å². The zero-order valence-electron chi connectivity index (χ0n) is 31.4. The molecule has 0 amide bonds. The van der Waals surface area contributed by atoms with Crippen LogP contribution in [0.2, 0.25) is 0 Å². The molecule has 0 unspecified atom stereocenters. The number of benzene rings is 2. The Bertz CT molecular complexity index is 2090. The Kier molecular flexibility index (Phi) is 25.3. The van der Waals surface area contributed by atoms with Gasteiger partial charge in [-0.25, -0.2) is 9.97 Å². The van der Waals surface area contributed by atoms with E-state index in [1.807, 2.05) is 25.1 Å². The summed E-state index contributed by atoms with van der Waals surface area (Å²) >= 11 is 0. The van der Waals surface area contributed by atoms with E-state index in [9.17, 15) is 19.5 Å². The summed E-state index contributed by atoms with van der Waals surface area (Å²) in [6.07, 6.45) is 3.52.